The lowest BCUT2D eigenvalue weighted by molar-refractivity contribution is -0.138. The lowest BCUT2D eigenvalue weighted by atomic mass is 9.90. The molecule has 2 unspecified atom stereocenters. The van der Waals surface area contributed by atoms with Crippen LogP contribution >= 0.6 is 0 Å². The van der Waals surface area contributed by atoms with Crippen molar-refractivity contribution in [2.45, 2.75) is 87.6 Å². The summed E-state index contributed by atoms with van der Waals surface area (Å²) in [6.45, 7) is 2.08. The minimum absolute atomic E-state index is 0.105. The Morgan fingerprint density at radius 2 is 0.955 bits per heavy atom. The molecule has 4 aromatic carbocycles. The molecule has 0 spiro atoms. The molecule has 6 N–H and O–H groups in total. The number of rotatable bonds is 10. The number of carbonyl (C=O) groups excluding carboxylic acids is 2. The average Bonchev–Trinajstić information content (AvgIpc) is 3.99. The normalized spacial score (nSPS) is 26.0. The topological polar surface area (TPSA) is 215 Å². The molecule has 6 aromatic rings. The SMILES string of the molecule is O=C(O)N[C@@H](C(=O)N1C2C[C@@H]2C[C@H]1c1nc2cc(-c3ccc4cc(-c5ccc6[nH]c([C@@H]7C[C@H]8CC8N7C(=O)[C@H](NC(=O)O)C7CCOCC7)nc6c5)ccc4c3)ccc2[nH]1)C1CCOCC1. The number of amides is 4. The number of fused-ring (bicyclic) bond motifs is 5. The van der Waals surface area contributed by atoms with Gasteiger partial charge in [0.2, 0.25) is 11.8 Å². The predicted octanol–water partition coefficient (Wildman–Crippen LogP) is 7.38. The number of imidazole rings is 2. The van der Waals surface area contributed by atoms with Gasteiger partial charge in [-0.25, -0.2) is 19.6 Å². The number of aromatic nitrogens is 4. The summed E-state index contributed by atoms with van der Waals surface area (Å²) < 4.78 is 11.0. The molecule has 6 heterocycles. The Labute approximate surface area is 379 Å². The standard InChI is InChI=1S/C50H52N8O8/c59-47(43(55-49(61)62)25-9-13-65-14-10-25)57-39-21-33(39)23-41(57)45-51-35-7-5-31(19-37(35)53-45)29-3-1-27-17-30(4-2-28(27)18-29)32-6-8-36-38(20-32)54-46(52-36)42-24-34-22-40(34)58(42)48(60)44(56-50(63)64)26-11-15-66-16-12-26/h1-8,17-20,25-26,33-34,39-44,55-56H,9-16,21-24H2,(H,51,53)(H,52,54)(H,61,62)(H,63,64)/t33-,34-,39?,40?,41+,42+,43-,44-/m1/s1. The highest BCUT2D eigenvalue weighted by molar-refractivity contribution is 5.94. The van der Waals surface area contributed by atoms with Gasteiger partial charge in [-0.05, 0) is 144 Å². The van der Waals surface area contributed by atoms with Crippen LogP contribution in [0.4, 0.5) is 9.59 Å². The fourth-order valence-corrected chi connectivity index (χ4v) is 11.8. The number of aromatic amines is 2. The van der Waals surface area contributed by atoms with Gasteiger partial charge in [-0.2, -0.15) is 0 Å². The van der Waals surface area contributed by atoms with E-state index in [0.717, 1.165) is 92.4 Å². The summed E-state index contributed by atoms with van der Waals surface area (Å²) in [5.74, 6) is 1.71. The molecule has 66 heavy (non-hydrogen) atoms. The number of nitrogens with zero attached hydrogens (tertiary/aromatic N) is 4. The second-order valence-electron chi connectivity index (χ2n) is 19.4. The number of benzene rings is 4. The number of likely N-dealkylation sites (tertiary alicyclic amines) is 2. The van der Waals surface area contributed by atoms with E-state index in [1.54, 1.807) is 0 Å². The predicted molar refractivity (Wildman–Crippen MR) is 243 cm³/mol. The van der Waals surface area contributed by atoms with E-state index in [-0.39, 0.29) is 47.8 Å². The highest BCUT2D eigenvalue weighted by Gasteiger charge is 2.58. The second kappa shape index (κ2) is 16.1. The minimum Gasteiger partial charge on any atom is -0.465 e. The third-order valence-electron chi connectivity index (χ3n) is 15.4. The Morgan fingerprint density at radius 3 is 1.36 bits per heavy atom. The van der Waals surface area contributed by atoms with Gasteiger partial charge < -0.3 is 50.1 Å². The molecule has 0 bridgehead atoms. The van der Waals surface area contributed by atoms with Crippen molar-refractivity contribution in [2.24, 2.45) is 23.7 Å². The van der Waals surface area contributed by atoms with Crippen molar-refractivity contribution in [2.75, 3.05) is 26.4 Å². The van der Waals surface area contributed by atoms with Crippen LogP contribution in [0.1, 0.15) is 75.1 Å². The molecule has 8 atom stereocenters. The largest absolute Gasteiger partial charge is 0.465 e. The zero-order chi connectivity index (χ0) is 44.8. The Bertz CT molecular complexity index is 2720. The molecule has 2 aromatic heterocycles. The lowest BCUT2D eigenvalue weighted by Crippen LogP contribution is -2.53. The summed E-state index contributed by atoms with van der Waals surface area (Å²) in [5, 5.41) is 26.7. The van der Waals surface area contributed by atoms with Crippen LogP contribution in [0.25, 0.3) is 55.1 Å². The van der Waals surface area contributed by atoms with Crippen LogP contribution in [0.2, 0.25) is 0 Å². The van der Waals surface area contributed by atoms with E-state index in [1.165, 1.54) is 0 Å². The molecule has 4 amide bonds. The molecular weight excluding hydrogens is 841 g/mol. The Morgan fingerprint density at radius 1 is 0.561 bits per heavy atom. The number of piperidine rings is 2. The summed E-state index contributed by atoms with van der Waals surface area (Å²) in [6.07, 6.45) is 3.65. The molecule has 16 heteroatoms. The molecule has 4 aliphatic heterocycles. The van der Waals surface area contributed by atoms with Crippen molar-refractivity contribution >= 4 is 56.8 Å². The molecule has 0 radical (unpaired) electrons. The summed E-state index contributed by atoms with van der Waals surface area (Å²) in [5.41, 5.74) is 7.55. The van der Waals surface area contributed by atoms with Gasteiger partial charge in [-0.15, -0.1) is 0 Å². The van der Waals surface area contributed by atoms with E-state index >= 15 is 0 Å². The number of nitrogens with one attached hydrogen (secondary N) is 4. The third kappa shape index (κ3) is 7.39. The van der Waals surface area contributed by atoms with E-state index in [4.69, 9.17) is 19.4 Å². The molecular formula is C50H52N8O8. The highest BCUT2D eigenvalue weighted by Crippen LogP contribution is 2.55. The van der Waals surface area contributed by atoms with Crippen LogP contribution in [0.15, 0.2) is 72.8 Å². The van der Waals surface area contributed by atoms with Gasteiger partial charge in [0.1, 0.15) is 23.7 Å². The number of H-pyrrole nitrogens is 2. The molecule has 6 aliphatic rings. The second-order valence-corrected chi connectivity index (χ2v) is 19.4. The third-order valence-corrected chi connectivity index (χ3v) is 15.4. The first kappa shape index (κ1) is 40.9. The van der Waals surface area contributed by atoms with Gasteiger partial charge >= 0.3 is 12.2 Å². The zero-order valence-electron chi connectivity index (χ0n) is 36.3. The van der Waals surface area contributed by atoms with Crippen LogP contribution in [-0.2, 0) is 19.1 Å². The first-order valence-corrected chi connectivity index (χ1v) is 23.5. The smallest absolute Gasteiger partial charge is 0.405 e. The van der Waals surface area contributed by atoms with E-state index in [0.29, 0.717) is 63.9 Å². The molecule has 4 saturated heterocycles. The van der Waals surface area contributed by atoms with Crippen molar-refractivity contribution in [3.63, 3.8) is 0 Å². The summed E-state index contributed by atoms with van der Waals surface area (Å²) >= 11 is 0. The number of hydrogen-bond acceptors (Lipinski definition) is 8. The van der Waals surface area contributed by atoms with Gasteiger partial charge in [-0.1, -0.05) is 36.4 Å². The first-order chi connectivity index (χ1) is 32.1. The fraction of sp³-hybridized carbons (Fsp3) is 0.440. The van der Waals surface area contributed by atoms with E-state index < -0.39 is 24.3 Å². The molecule has 2 saturated carbocycles. The first-order valence-electron chi connectivity index (χ1n) is 23.5. The lowest BCUT2D eigenvalue weighted by Gasteiger charge is -2.35. The maximum absolute atomic E-state index is 14.2. The van der Waals surface area contributed by atoms with E-state index in [9.17, 15) is 29.4 Å². The van der Waals surface area contributed by atoms with Gasteiger partial charge in [0, 0.05) is 38.5 Å². The van der Waals surface area contributed by atoms with Gasteiger partial charge in [0.15, 0.2) is 0 Å². The van der Waals surface area contributed by atoms with Gasteiger partial charge in [0.25, 0.3) is 0 Å². The van der Waals surface area contributed by atoms with Crippen molar-refractivity contribution in [1.29, 1.82) is 0 Å². The van der Waals surface area contributed by atoms with E-state index in [2.05, 4.69) is 81.3 Å². The minimum atomic E-state index is -1.19. The molecule has 6 fully saturated rings. The Balaban J connectivity index is 0.767. The van der Waals surface area contributed by atoms with Gasteiger partial charge in [0.05, 0.1) is 34.2 Å². The molecule has 12 rings (SSSR count). The monoisotopic (exact) mass is 892 g/mol. The quantitative estimate of drug-likeness (QED) is 0.0803. The number of carboxylic acid groups (broad SMARTS) is 2. The van der Waals surface area contributed by atoms with Crippen molar-refractivity contribution < 1.29 is 38.9 Å². The van der Waals surface area contributed by atoms with Crippen LogP contribution < -0.4 is 10.6 Å². The number of carbonyl (C=O) groups is 4. The summed E-state index contributed by atoms with van der Waals surface area (Å²) in [6, 6.07) is 23.4. The molecule has 2 aliphatic carbocycles. The van der Waals surface area contributed by atoms with E-state index in [1.807, 2.05) is 21.9 Å². The maximum atomic E-state index is 14.2. The highest BCUT2D eigenvalue weighted by atomic mass is 16.5. The molecule has 16 nitrogen and oxygen atoms in total. The fourth-order valence-electron chi connectivity index (χ4n) is 11.8. The maximum Gasteiger partial charge on any atom is 0.405 e. The van der Waals surface area contributed by atoms with Crippen LogP contribution in [0.5, 0.6) is 0 Å². The number of hydrogen-bond donors (Lipinski definition) is 6. The van der Waals surface area contributed by atoms with Crippen LogP contribution in [0.3, 0.4) is 0 Å². The zero-order valence-corrected chi connectivity index (χ0v) is 36.3. The summed E-state index contributed by atoms with van der Waals surface area (Å²) in [7, 11) is 0. The van der Waals surface area contributed by atoms with Gasteiger partial charge in [-0.3, -0.25) is 9.59 Å². The van der Waals surface area contributed by atoms with Crippen molar-refractivity contribution in [3.05, 3.63) is 84.4 Å². The van der Waals surface area contributed by atoms with Crippen LogP contribution in [0, 0.1) is 23.7 Å². The Kier molecular flexibility index (Phi) is 10.0. The summed E-state index contributed by atoms with van der Waals surface area (Å²) in [4.78, 5) is 72.9. The average molecular weight is 893 g/mol. The van der Waals surface area contributed by atoms with Crippen LogP contribution in [-0.4, -0.2) is 115 Å². The molecule has 340 valence electrons. The van der Waals surface area contributed by atoms with Crippen molar-refractivity contribution in [3.8, 4) is 22.3 Å². The number of ether oxygens (including phenoxy) is 2. The Hall–Kier alpha value is -6.52. The van der Waals surface area contributed by atoms with Crippen molar-refractivity contribution in [1.82, 2.24) is 40.4 Å².